The third-order valence-electron chi connectivity index (χ3n) is 6.45. The fraction of sp³-hybridized carbons (Fsp3) is 0.625. The lowest BCUT2D eigenvalue weighted by Crippen LogP contribution is -2.61. The molecule has 1 N–H and O–H groups in total. The minimum Gasteiger partial charge on any atom is -0.480 e. The molecule has 3 rings (SSSR count). The van der Waals surface area contributed by atoms with E-state index in [1.54, 1.807) is 11.9 Å². The van der Waals surface area contributed by atoms with Crippen molar-refractivity contribution in [2.45, 2.75) is 76.8 Å². The second-order valence-electron chi connectivity index (χ2n) is 8.53. The first kappa shape index (κ1) is 26.1. The van der Waals surface area contributed by atoms with Crippen molar-refractivity contribution in [3.05, 3.63) is 35.9 Å². The number of ether oxygens (including phenoxy) is 1. The van der Waals surface area contributed by atoms with Crippen LogP contribution in [-0.2, 0) is 25.5 Å². The highest BCUT2D eigenvalue weighted by atomic mass is 35.5. The molecule has 0 aromatic heterocycles. The Labute approximate surface area is 196 Å². The van der Waals surface area contributed by atoms with Crippen LogP contribution in [0.5, 0.6) is 0 Å². The lowest BCUT2D eigenvalue weighted by Gasteiger charge is -2.45. The summed E-state index contributed by atoms with van der Waals surface area (Å²) >= 11 is 0. The molecule has 1 aromatic rings. The van der Waals surface area contributed by atoms with E-state index in [4.69, 9.17) is 4.74 Å². The summed E-state index contributed by atoms with van der Waals surface area (Å²) in [5.74, 6) is -1.25. The average molecular weight is 467 g/mol. The quantitative estimate of drug-likeness (QED) is 0.556. The number of carboxylic acids is 1. The van der Waals surface area contributed by atoms with Gasteiger partial charge in [0.15, 0.2) is 0 Å². The summed E-state index contributed by atoms with van der Waals surface area (Å²) in [6.07, 6.45) is 7.19. The molecule has 1 saturated carbocycles. The van der Waals surface area contributed by atoms with E-state index in [9.17, 15) is 19.5 Å². The summed E-state index contributed by atoms with van der Waals surface area (Å²) in [5, 5.41) is 12.8. The zero-order valence-electron chi connectivity index (χ0n) is 18.8. The van der Waals surface area contributed by atoms with Gasteiger partial charge in [0.2, 0.25) is 5.91 Å². The lowest BCUT2D eigenvalue weighted by molar-refractivity contribution is -0.181. The van der Waals surface area contributed by atoms with Crippen LogP contribution in [-0.4, -0.2) is 58.2 Å². The molecule has 178 valence electrons. The van der Waals surface area contributed by atoms with Crippen LogP contribution in [0.4, 0.5) is 0 Å². The van der Waals surface area contributed by atoms with Crippen LogP contribution < -0.4 is 0 Å². The van der Waals surface area contributed by atoms with Crippen LogP contribution in [0.1, 0.15) is 63.9 Å². The first-order chi connectivity index (χ1) is 15.0. The molecule has 2 fully saturated rings. The number of aryl methyl sites for hydroxylation is 1. The Bertz CT molecular complexity index is 760. The summed E-state index contributed by atoms with van der Waals surface area (Å²) in [6.45, 7) is 1.55. The third kappa shape index (κ3) is 6.69. The highest BCUT2D eigenvalue weighted by molar-refractivity contribution is 5.85. The number of fused-ring (bicyclic) bond motifs is 1. The van der Waals surface area contributed by atoms with Crippen LogP contribution in [0.3, 0.4) is 0 Å². The average Bonchev–Trinajstić information content (AvgIpc) is 2.92. The van der Waals surface area contributed by atoms with Crippen molar-refractivity contribution in [1.82, 2.24) is 10.0 Å². The molecule has 1 aliphatic heterocycles. The van der Waals surface area contributed by atoms with Gasteiger partial charge in [-0.15, -0.1) is 12.4 Å². The smallest absolute Gasteiger partial charge is 0.325 e. The van der Waals surface area contributed by atoms with Crippen molar-refractivity contribution in [3.63, 3.8) is 0 Å². The highest BCUT2D eigenvalue weighted by Gasteiger charge is 2.43. The summed E-state index contributed by atoms with van der Waals surface area (Å²) in [6, 6.07) is 8.92. The number of aliphatic carboxylic acids is 1. The number of amides is 1. The molecule has 0 spiro atoms. The maximum Gasteiger partial charge on any atom is 0.325 e. The van der Waals surface area contributed by atoms with E-state index < -0.39 is 24.5 Å². The van der Waals surface area contributed by atoms with Crippen molar-refractivity contribution in [2.24, 2.45) is 5.92 Å². The van der Waals surface area contributed by atoms with Gasteiger partial charge in [-0.25, -0.2) is 0 Å². The lowest BCUT2D eigenvalue weighted by atomic mass is 9.82. The topological polar surface area (TPSA) is 87.2 Å². The van der Waals surface area contributed by atoms with E-state index in [1.165, 1.54) is 5.01 Å². The van der Waals surface area contributed by atoms with Crippen LogP contribution in [0.2, 0.25) is 0 Å². The van der Waals surface area contributed by atoms with Gasteiger partial charge in [0.25, 0.3) is 0 Å². The first-order valence-corrected chi connectivity index (χ1v) is 11.5. The SMILES string of the molecule is CCOC(=O)C(CCc1ccccc1)N(CC(=O)O)N1C(=O)CCCC2CCCCC21.Cl. The maximum atomic E-state index is 13.2. The van der Waals surface area contributed by atoms with E-state index in [0.29, 0.717) is 25.2 Å². The van der Waals surface area contributed by atoms with Crippen molar-refractivity contribution in [1.29, 1.82) is 0 Å². The molecule has 2 aliphatic rings. The molecule has 3 atom stereocenters. The summed E-state index contributed by atoms with van der Waals surface area (Å²) in [4.78, 5) is 38.0. The van der Waals surface area contributed by atoms with Crippen LogP contribution in [0, 0.1) is 5.92 Å². The maximum absolute atomic E-state index is 13.2. The fourth-order valence-electron chi connectivity index (χ4n) is 5.05. The Morgan fingerprint density at radius 3 is 2.53 bits per heavy atom. The van der Waals surface area contributed by atoms with Gasteiger partial charge in [0, 0.05) is 6.42 Å². The molecule has 1 aromatic carbocycles. The number of hydrogen-bond donors (Lipinski definition) is 1. The molecule has 0 radical (unpaired) electrons. The Morgan fingerprint density at radius 1 is 1.16 bits per heavy atom. The largest absolute Gasteiger partial charge is 0.480 e. The number of rotatable bonds is 9. The number of halogens is 1. The zero-order valence-corrected chi connectivity index (χ0v) is 19.6. The van der Waals surface area contributed by atoms with Crippen LogP contribution in [0.15, 0.2) is 30.3 Å². The molecule has 7 nitrogen and oxygen atoms in total. The molecule has 1 heterocycles. The minimum atomic E-state index is -1.06. The van der Waals surface area contributed by atoms with Gasteiger partial charge in [-0.2, -0.15) is 5.01 Å². The minimum absolute atomic E-state index is 0. The van der Waals surface area contributed by atoms with Gasteiger partial charge in [0.1, 0.15) is 12.6 Å². The molecule has 3 unspecified atom stereocenters. The van der Waals surface area contributed by atoms with Crippen molar-refractivity contribution >= 4 is 30.3 Å². The van der Waals surface area contributed by atoms with E-state index in [2.05, 4.69) is 0 Å². The molecule has 8 heteroatoms. The number of benzene rings is 1. The van der Waals surface area contributed by atoms with E-state index in [0.717, 1.165) is 44.1 Å². The molecule has 1 saturated heterocycles. The van der Waals surface area contributed by atoms with Crippen molar-refractivity contribution in [3.8, 4) is 0 Å². The summed E-state index contributed by atoms with van der Waals surface area (Å²) in [7, 11) is 0. The van der Waals surface area contributed by atoms with Crippen molar-refractivity contribution in [2.75, 3.05) is 13.2 Å². The molecular weight excluding hydrogens is 432 g/mol. The number of carbonyl (C=O) groups excluding carboxylic acids is 2. The third-order valence-corrected chi connectivity index (χ3v) is 6.45. The number of hydrazine groups is 1. The number of nitrogens with zero attached hydrogens (tertiary/aromatic N) is 2. The molecule has 1 amide bonds. The second kappa shape index (κ2) is 12.8. The first-order valence-electron chi connectivity index (χ1n) is 11.5. The predicted molar refractivity (Wildman–Crippen MR) is 123 cm³/mol. The van der Waals surface area contributed by atoms with Crippen molar-refractivity contribution < 1.29 is 24.2 Å². The Balaban J connectivity index is 0.00000363. The second-order valence-corrected chi connectivity index (χ2v) is 8.53. The summed E-state index contributed by atoms with van der Waals surface area (Å²) in [5.41, 5.74) is 1.06. The Kier molecular flexibility index (Phi) is 10.5. The Morgan fingerprint density at radius 2 is 1.84 bits per heavy atom. The standard InChI is InChI=1S/C24H34N2O5.ClH/c1-2-31-24(30)21(16-15-18-9-4-3-5-10-18)25(17-23(28)29)26-20-13-7-6-11-19(20)12-8-14-22(26)27;/h3-5,9-10,19-21H,2,6-8,11-17H2,1H3,(H,28,29);1H. The highest BCUT2D eigenvalue weighted by Crippen LogP contribution is 2.36. The normalized spacial score (nSPS) is 21.8. The number of carbonyl (C=O) groups is 3. The number of esters is 1. The van der Waals surface area contributed by atoms with Gasteiger partial charge >= 0.3 is 11.9 Å². The number of carboxylic acid groups (broad SMARTS) is 1. The van der Waals surface area contributed by atoms with Gasteiger partial charge in [-0.3, -0.25) is 19.4 Å². The van der Waals surface area contributed by atoms with E-state index in [1.807, 2.05) is 30.3 Å². The molecular formula is C24H35ClN2O5. The number of hydrogen-bond acceptors (Lipinski definition) is 5. The van der Waals surface area contributed by atoms with Gasteiger partial charge in [0.05, 0.1) is 12.6 Å². The van der Waals surface area contributed by atoms with Gasteiger partial charge in [-0.05, 0) is 56.9 Å². The molecule has 1 aliphatic carbocycles. The fourth-order valence-corrected chi connectivity index (χ4v) is 5.05. The molecule has 0 bridgehead atoms. The monoisotopic (exact) mass is 466 g/mol. The van der Waals surface area contributed by atoms with Crippen LogP contribution in [0.25, 0.3) is 0 Å². The predicted octanol–water partition coefficient (Wildman–Crippen LogP) is 3.85. The molecule has 32 heavy (non-hydrogen) atoms. The summed E-state index contributed by atoms with van der Waals surface area (Å²) < 4.78 is 5.34. The zero-order chi connectivity index (χ0) is 22.2. The van der Waals surface area contributed by atoms with Gasteiger partial charge < -0.3 is 9.84 Å². The van der Waals surface area contributed by atoms with Gasteiger partial charge in [-0.1, -0.05) is 43.2 Å². The van der Waals surface area contributed by atoms with E-state index in [-0.39, 0.29) is 31.0 Å². The Hall–Kier alpha value is -2.12. The van der Waals surface area contributed by atoms with Crippen LogP contribution >= 0.6 is 12.4 Å². The van der Waals surface area contributed by atoms with E-state index >= 15 is 0 Å².